The zero-order valence-electron chi connectivity index (χ0n) is 5.98. The Morgan fingerprint density at radius 1 is 1.67 bits per heavy atom. The van der Waals surface area contributed by atoms with Crippen molar-refractivity contribution >= 4 is 5.91 Å². The quantitative estimate of drug-likeness (QED) is 0.453. The zero-order chi connectivity index (χ0) is 8.97. The molecule has 1 rings (SSSR count). The van der Waals surface area contributed by atoms with Crippen LogP contribution in [0.2, 0.25) is 0 Å². The van der Waals surface area contributed by atoms with Crippen molar-refractivity contribution in [2.75, 3.05) is 0 Å². The van der Waals surface area contributed by atoms with Gasteiger partial charge in [0.05, 0.1) is 0 Å². The van der Waals surface area contributed by atoms with E-state index in [1.165, 1.54) is 23.7 Å². The van der Waals surface area contributed by atoms with E-state index < -0.39 is 5.91 Å². The lowest BCUT2D eigenvalue weighted by Crippen LogP contribution is -2.20. The number of nitrogens with zero attached hydrogens (tertiary/aromatic N) is 2. The molecule has 0 spiro atoms. The molecule has 0 bridgehead atoms. The van der Waals surface area contributed by atoms with Crippen molar-refractivity contribution in [3.05, 3.63) is 29.6 Å². The number of carbonyl (C=O) groups is 1. The van der Waals surface area contributed by atoms with Crippen molar-refractivity contribution < 1.29 is 10.0 Å². The van der Waals surface area contributed by atoms with Gasteiger partial charge >= 0.3 is 0 Å². The van der Waals surface area contributed by atoms with Gasteiger partial charge in [0.15, 0.2) is 0 Å². The average molecular weight is 163 g/mol. The van der Waals surface area contributed by atoms with Gasteiger partial charge in [-0.3, -0.25) is 10.0 Å². The van der Waals surface area contributed by atoms with Gasteiger partial charge < -0.3 is 0 Å². The number of nitrogens with one attached hydrogen (secondary N) is 1. The molecule has 0 radical (unpaired) electrons. The summed E-state index contributed by atoms with van der Waals surface area (Å²) in [6, 6.07) is 6.15. The highest BCUT2D eigenvalue weighted by molar-refractivity contribution is 5.91. The van der Waals surface area contributed by atoms with Crippen LogP contribution in [0.4, 0.5) is 0 Å². The first-order valence-electron chi connectivity index (χ1n) is 3.09. The lowest BCUT2D eigenvalue weighted by molar-refractivity contribution is 0.0700. The minimum absolute atomic E-state index is 0.0107. The van der Waals surface area contributed by atoms with Crippen LogP contribution < -0.4 is 5.48 Å². The molecule has 5 heteroatoms. The lowest BCUT2D eigenvalue weighted by Gasteiger charge is -1.96. The molecule has 1 amide bonds. The number of hydroxylamine groups is 1. The van der Waals surface area contributed by atoms with Crippen LogP contribution in [0, 0.1) is 11.3 Å². The standard InChI is InChI=1S/C7H5N3O2/c8-4-5-2-1-3-6(9-5)7(11)10-12/h1-3,12H,(H,10,11). The largest absolute Gasteiger partial charge is 0.293 e. The fraction of sp³-hybridized carbons (Fsp3) is 0. The summed E-state index contributed by atoms with van der Waals surface area (Å²) >= 11 is 0. The maximum absolute atomic E-state index is 10.7. The zero-order valence-corrected chi connectivity index (χ0v) is 5.98. The Hall–Kier alpha value is -1.93. The molecule has 0 unspecified atom stereocenters. The second kappa shape index (κ2) is 3.46. The van der Waals surface area contributed by atoms with Gasteiger partial charge in [0.2, 0.25) is 0 Å². The first-order valence-corrected chi connectivity index (χ1v) is 3.09. The van der Waals surface area contributed by atoms with E-state index >= 15 is 0 Å². The van der Waals surface area contributed by atoms with Crippen LogP contribution >= 0.6 is 0 Å². The van der Waals surface area contributed by atoms with Crippen LogP contribution in [0.5, 0.6) is 0 Å². The maximum atomic E-state index is 10.7. The minimum Gasteiger partial charge on any atom is -0.288 e. The van der Waals surface area contributed by atoms with Crippen LogP contribution in [0.15, 0.2) is 18.2 Å². The van der Waals surface area contributed by atoms with Crippen molar-refractivity contribution in [3.8, 4) is 6.07 Å². The van der Waals surface area contributed by atoms with Crippen molar-refractivity contribution in [2.24, 2.45) is 0 Å². The molecule has 2 N–H and O–H groups in total. The normalized spacial score (nSPS) is 8.67. The molecule has 1 aromatic rings. The van der Waals surface area contributed by atoms with Crippen molar-refractivity contribution in [1.29, 1.82) is 5.26 Å². The fourth-order valence-electron chi connectivity index (χ4n) is 0.681. The molecule has 0 saturated heterocycles. The molecule has 12 heavy (non-hydrogen) atoms. The van der Waals surface area contributed by atoms with Gasteiger partial charge in [-0.1, -0.05) is 6.07 Å². The van der Waals surface area contributed by atoms with E-state index in [1.807, 2.05) is 0 Å². The number of nitriles is 1. The van der Waals surface area contributed by atoms with Crippen LogP contribution in [-0.4, -0.2) is 16.1 Å². The molecule has 0 aliphatic rings. The minimum atomic E-state index is -0.730. The molecule has 0 fully saturated rings. The second-order valence-electron chi connectivity index (χ2n) is 1.96. The maximum Gasteiger partial charge on any atom is 0.293 e. The Bertz CT molecular complexity index is 343. The highest BCUT2D eigenvalue weighted by atomic mass is 16.5. The topological polar surface area (TPSA) is 86.0 Å². The van der Waals surface area contributed by atoms with E-state index in [-0.39, 0.29) is 11.4 Å². The highest BCUT2D eigenvalue weighted by Crippen LogP contribution is 1.97. The van der Waals surface area contributed by atoms with Crippen molar-refractivity contribution in [3.63, 3.8) is 0 Å². The molecule has 0 aliphatic carbocycles. The molecule has 1 heterocycles. The predicted molar refractivity (Wildman–Crippen MR) is 38.2 cm³/mol. The molecular formula is C7H5N3O2. The van der Waals surface area contributed by atoms with Crippen molar-refractivity contribution in [1.82, 2.24) is 10.5 Å². The molecule has 0 aliphatic heterocycles. The predicted octanol–water partition coefficient (Wildman–Crippen LogP) is 0.0723. The fourth-order valence-corrected chi connectivity index (χ4v) is 0.681. The Morgan fingerprint density at radius 3 is 3.00 bits per heavy atom. The summed E-state index contributed by atoms with van der Waals surface area (Å²) in [5, 5.41) is 16.6. The van der Waals surface area contributed by atoms with Gasteiger partial charge in [0, 0.05) is 0 Å². The lowest BCUT2D eigenvalue weighted by atomic mass is 10.3. The summed E-state index contributed by atoms with van der Waals surface area (Å²) in [7, 11) is 0. The monoisotopic (exact) mass is 163 g/mol. The first-order chi connectivity index (χ1) is 5.77. The summed E-state index contributed by atoms with van der Waals surface area (Å²) in [5.74, 6) is -0.730. The molecule has 60 valence electrons. The Balaban J connectivity index is 3.04. The van der Waals surface area contributed by atoms with Gasteiger partial charge in [0.25, 0.3) is 5.91 Å². The third kappa shape index (κ3) is 1.56. The Labute approximate surface area is 68.2 Å². The third-order valence-electron chi connectivity index (χ3n) is 1.20. The summed E-state index contributed by atoms with van der Waals surface area (Å²) in [5.41, 5.74) is 1.57. The smallest absolute Gasteiger partial charge is 0.288 e. The number of hydrogen-bond acceptors (Lipinski definition) is 4. The number of carbonyl (C=O) groups excluding carboxylic acids is 1. The number of amides is 1. The summed E-state index contributed by atoms with van der Waals surface area (Å²) in [6.45, 7) is 0. The molecule has 0 atom stereocenters. The van der Waals surface area contributed by atoms with Gasteiger partial charge in [-0.25, -0.2) is 10.5 Å². The summed E-state index contributed by atoms with van der Waals surface area (Å²) in [6.07, 6.45) is 0. The number of rotatable bonds is 1. The van der Waals surface area contributed by atoms with E-state index in [2.05, 4.69) is 4.98 Å². The van der Waals surface area contributed by atoms with E-state index in [0.29, 0.717) is 0 Å². The molecule has 5 nitrogen and oxygen atoms in total. The van der Waals surface area contributed by atoms with Crippen LogP contribution in [0.25, 0.3) is 0 Å². The molecule has 0 aromatic carbocycles. The van der Waals surface area contributed by atoms with Crippen LogP contribution in [-0.2, 0) is 0 Å². The van der Waals surface area contributed by atoms with E-state index in [1.54, 1.807) is 6.07 Å². The summed E-state index contributed by atoms with van der Waals surface area (Å²) in [4.78, 5) is 14.4. The van der Waals surface area contributed by atoms with Gasteiger partial charge in [-0.05, 0) is 12.1 Å². The first kappa shape index (κ1) is 8.17. The number of aromatic nitrogens is 1. The van der Waals surface area contributed by atoms with Gasteiger partial charge in [-0.15, -0.1) is 0 Å². The van der Waals surface area contributed by atoms with E-state index in [0.717, 1.165) is 0 Å². The van der Waals surface area contributed by atoms with E-state index in [4.69, 9.17) is 10.5 Å². The van der Waals surface area contributed by atoms with Crippen LogP contribution in [0.3, 0.4) is 0 Å². The highest BCUT2D eigenvalue weighted by Gasteiger charge is 2.05. The number of pyridine rings is 1. The van der Waals surface area contributed by atoms with Gasteiger partial charge in [0.1, 0.15) is 17.5 Å². The molecule has 1 aromatic heterocycles. The van der Waals surface area contributed by atoms with Crippen LogP contribution in [0.1, 0.15) is 16.2 Å². The number of hydrogen-bond donors (Lipinski definition) is 2. The summed E-state index contributed by atoms with van der Waals surface area (Å²) < 4.78 is 0. The van der Waals surface area contributed by atoms with E-state index in [9.17, 15) is 4.79 Å². The Kier molecular flexibility index (Phi) is 2.35. The molecule has 0 saturated carbocycles. The van der Waals surface area contributed by atoms with Crippen molar-refractivity contribution in [2.45, 2.75) is 0 Å². The Morgan fingerprint density at radius 2 is 2.42 bits per heavy atom. The average Bonchev–Trinajstić information content (AvgIpc) is 2.17. The SMILES string of the molecule is N#Cc1cccc(C(=O)NO)n1. The van der Waals surface area contributed by atoms with Gasteiger partial charge in [-0.2, -0.15) is 5.26 Å². The second-order valence-corrected chi connectivity index (χ2v) is 1.96. The molecular weight excluding hydrogens is 158 g/mol. The third-order valence-corrected chi connectivity index (χ3v) is 1.20.